The predicted molar refractivity (Wildman–Crippen MR) is 151 cm³/mol. The molecule has 41 heavy (non-hydrogen) atoms. The van der Waals surface area contributed by atoms with E-state index in [1.54, 1.807) is 62.3 Å². The number of carbonyl (C=O) groups is 5. The number of nitrogens with one attached hydrogen (secondary N) is 2. The maximum Gasteiger partial charge on any atom is 0.329 e. The van der Waals surface area contributed by atoms with E-state index in [2.05, 4.69) is 10.6 Å². The molecule has 1 rings (SSSR count). The van der Waals surface area contributed by atoms with Crippen LogP contribution in [0.3, 0.4) is 0 Å². The molecular weight excluding hydrogens is 532 g/mol. The van der Waals surface area contributed by atoms with Crippen LogP contribution in [0.4, 0.5) is 4.79 Å². The first-order valence-corrected chi connectivity index (χ1v) is 13.7. The number of amides is 2. The van der Waals surface area contributed by atoms with Crippen LogP contribution in [-0.2, 0) is 44.7 Å². The average molecular weight is 579 g/mol. The third kappa shape index (κ3) is 16.9. The molecule has 1 aromatic carbocycles. The molecule has 0 aromatic heterocycles. The van der Waals surface area contributed by atoms with Crippen LogP contribution < -0.4 is 10.6 Å². The molecule has 11 heteroatoms. The summed E-state index contributed by atoms with van der Waals surface area (Å²) in [5.41, 5.74) is -1.61. The van der Waals surface area contributed by atoms with E-state index in [9.17, 15) is 24.0 Å². The van der Waals surface area contributed by atoms with Gasteiger partial charge in [0.15, 0.2) is 0 Å². The fraction of sp³-hybridized carbons (Fsp3) is 0.633. The Morgan fingerprint density at radius 3 is 1.46 bits per heavy atom. The van der Waals surface area contributed by atoms with Gasteiger partial charge in [0.2, 0.25) is 0 Å². The predicted octanol–water partition coefficient (Wildman–Crippen LogP) is 4.35. The number of ether oxygens (including phenoxy) is 4. The van der Waals surface area contributed by atoms with Gasteiger partial charge in [-0.3, -0.25) is 9.59 Å². The molecule has 0 saturated carbocycles. The smallest absolute Gasteiger partial charge is 0.329 e. The van der Waals surface area contributed by atoms with Gasteiger partial charge in [-0.15, -0.1) is 0 Å². The minimum absolute atomic E-state index is 0.0694. The Hall–Kier alpha value is -3.63. The van der Waals surface area contributed by atoms with Gasteiger partial charge in [0.05, 0.1) is 0 Å². The van der Waals surface area contributed by atoms with Gasteiger partial charge in [0, 0.05) is 12.8 Å². The fourth-order valence-electron chi connectivity index (χ4n) is 3.33. The summed E-state index contributed by atoms with van der Waals surface area (Å²) < 4.78 is 21.4. The molecule has 2 N–H and O–H groups in total. The van der Waals surface area contributed by atoms with Crippen molar-refractivity contribution in [3.63, 3.8) is 0 Å². The molecule has 0 bridgehead atoms. The lowest BCUT2D eigenvalue weighted by molar-refractivity contribution is -0.159. The lowest BCUT2D eigenvalue weighted by Crippen LogP contribution is -2.53. The number of esters is 4. The lowest BCUT2D eigenvalue weighted by Gasteiger charge is -2.27. The van der Waals surface area contributed by atoms with Crippen molar-refractivity contribution in [2.45, 2.75) is 123 Å². The van der Waals surface area contributed by atoms with Crippen molar-refractivity contribution < 1.29 is 42.9 Å². The Labute approximate surface area is 243 Å². The molecule has 230 valence electrons. The van der Waals surface area contributed by atoms with Crippen LogP contribution in [0.2, 0.25) is 0 Å². The fourth-order valence-corrected chi connectivity index (χ4v) is 3.33. The first-order valence-electron chi connectivity index (χ1n) is 13.7. The summed E-state index contributed by atoms with van der Waals surface area (Å²) in [6.07, 6.45) is -0.541. The Morgan fingerprint density at radius 1 is 0.634 bits per heavy atom. The molecular formula is C30H46N2O9. The third-order valence-corrected chi connectivity index (χ3v) is 4.93. The van der Waals surface area contributed by atoms with E-state index < -0.39 is 58.8 Å². The molecule has 0 aliphatic rings. The van der Waals surface area contributed by atoms with E-state index in [0.717, 1.165) is 5.56 Å². The highest BCUT2D eigenvalue weighted by Gasteiger charge is 2.31. The van der Waals surface area contributed by atoms with E-state index in [1.807, 2.05) is 30.3 Å². The van der Waals surface area contributed by atoms with Crippen molar-refractivity contribution in [1.29, 1.82) is 0 Å². The van der Waals surface area contributed by atoms with Crippen LogP contribution in [0.1, 0.15) is 93.6 Å². The van der Waals surface area contributed by atoms with E-state index in [0.29, 0.717) is 0 Å². The van der Waals surface area contributed by atoms with Gasteiger partial charge in [0.25, 0.3) is 0 Å². The molecule has 0 aliphatic heterocycles. The second kappa shape index (κ2) is 15.4. The van der Waals surface area contributed by atoms with Crippen molar-refractivity contribution >= 4 is 29.9 Å². The SMILES string of the molecule is CC(C)(C)OC(=O)CC[C@H](NC(=O)NC(CCC(=O)OCc1ccccc1)C(=O)OC(C)(C)C)C(=O)OC(C)(C)C. The third-order valence-electron chi connectivity index (χ3n) is 4.93. The normalized spacial score (nSPS) is 13.3. The Kier molecular flexibility index (Phi) is 13.3. The Bertz CT molecular complexity index is 1030. The first kappa shape index (κ1) is 35.4. The molecule has 0 aliphatic carbocycles. The van der Waals surface area contributed by atoms with E-state index in [-0.39, 0.29) is 32.3 Å². The first-order chi connectivity index (χ1) is 18.7. The minimum Gasteiger partial charge on any atom is -0.461 e. The van der Waals surface area contributed by atoms with Gasteiger partial charge in [-0.2, -0.15) is 0 Å². The second-order valence-corrected chi connectivity index (χ2v) is 12.6. The van der Waals surface area contributed by atoms with Crippen molar-refractivity contribution in [3.05, 3.63) is 35.9 Å². The number of hydrogen-bond acceptors (Lipinski definition) is 9. The quantitative estimate of drug-likeness (QED) is 0.273. The summed E-state index contributed by atoms with van der Waals surface area (Å²) in [4.78, 5) is 63.3. The number of carbonyl (C=O) groups excluding carboxylic acids is 5. The van der Waals surface area contributed by atoms with Gasteiger partial charge in [-0.1, -0.05) is 30.3 Å². The summed E-state index contributed by atoms with van der Waals surface area (Å²) >= 11 is 0. The molecule has 0 radical (unpaired) electrons. The van der Waals surface area contributed by atoms with Crippen molar-refractivity contribution in [2.75, 3.05) is 0 Å². The van der Waals surface area contributed by atoms with Crippen LogP contribution >= 0.6 is 0 Å². The highest BCUT2D eigenvalue weighted by Crippen LogP contribution is 2.15. The van der Waals surface area contributed by atoms with E-state index in [4.69, 9.17) is 18.9 Å². The second-order valence-electron chi connectivity index (χ2n) is 12.6. The van der Waals surface area contributed by atoms with Gasteiger partial charge in [-0.25, -0.2) is 14.4 Å². The molecule has 2 atom stereocenters. The zero-order chi connectivity index (χ0) is 31.4. The maximum absolute atomic E-state index is 13.0. The Morgan fingerprint density at radius 2 is 1.05 bits per heavy atom. The monoisotopic (exact) mass is 578 g/mol. The summed E-state index contributed by atoms with van der Waals surface area (Å²) in [7, 11) is 0. The van der Waals surface area contributed by atoms with Crippen LogP contribution in [0.5, 0.6) is 0 Å². The van der Waals surface area contributed by atoms with Crippen LogP contribution in [-0.4, -0.2) is 58.8 Å². The number of hydrogen-bond donors (Lipinski definition) is 2. The van der Waals surface area contributed by atoms with Crippen molar-refractivity contribution in [3.8, 4) is 0 Å². The van der Waals surface area contributed by atoms with Crippen molar-refractivity contribution in [1.82, 2.24) is 10.6 Å². The average Bonchev–Trinajstić information content (AvgIpc) is 2.80. The highest BCUT2D eigenvalue weighted by molar-refractivity contribution is 5.88. The van der Waals surface area contributed by atoms with E-state index in [1.165, 1.54) is 0 Å². The molecule has 11 nitrogen and oxygen atoms in total. The molecule has 0 saturated heterocycles. The van der Waals surface area contributed by atoms with Crippen LogP contribution in [0.25, 0.3) is 0 Å². The van der Waals surface area contributed by atoms with E-state index >= 15 is 0 Å². The van der Waals surface area contributed by atoms with Gasteiger partial charge in [0.1, 0.15) is 35.5 Å². The zero-order valence-electron chi connectivity index (χ0n) is 25.8. The molecule has 0 fully saturated rings. The number of benzene rings is 1. The molecule has 0 heterocycles. The van der Waals surface area contributed by atoms with Gasteiger partial charge in [-0.05, 0) is 80.7 Å². The zero-order valence-corrected chi connectivity index (χ0v) is 25.8. The number of rotatable bonds is 12. The summed E-state index contributed by atoms with van der Waals surface area (Å²) in [5.74, 6) is -2.62. The van der Waals surface area contributed by atoms with Gasteiger partial charge < -0.3 is 29.6 Å². The standard InChI is InChI=1S/C30H46N2O9/c1-28(2,3)39-24(34)18-16-22(26(36)41-30(7,8)9)32-27(37)31-21(25(35)40-29(4,5)6)15-17-23(33)38-19-20-13-11-10-12-14-20/h10-14,21-22H,15-19H2,1-9H3,(H2,31,32,37)/t21?,22-/m0/s1. The number of urea groups is 1. The van der Waals surface area contributed by atoms with Gasteiger partial charge >= 0.3 is 29.9 Å². The summed E-state index contributed by atoms with van der Waals surface area (Å²) in [5, 5.41) is 4.97. The van der Waals surface area contributed by atoms with Crippen LogP contribution in [0, 0.1) is 0 Å². The summed E-state index contributed by atoms with van der Waals surface area (Å²) in [6, 6.07) is 5.81. The maximum atomic E-state index is 13.0. The molecule has 1 aromatic rings. The Balaban J connectivity index is 2.93. The molecule has 1 unspecified atom stereocenters. The topological polar surface area (TPSA) is 146 Å². The minimum atomic E-state index is -1.22. The molecule has 2 amide bonds. The lowest BCUT2D eigenvalue weighted by atomic mass is 10.1. The molecule has 0 spiro atoms. The summed E-state index contributed by atoms with van der Waals surface area (Å²) in [6.45, 7) is 15.3. The van der Waals surface area contributed by atoms with Crippen LogP contribution in [0.15, 0.2) is 30.3 Å². The van der Waals surface area contributed by atoms with Crippen molar-refractivity contribution in [2.24, 2.45) is 0 Å². The highest BCUT2D eigenvalue weighted by atomic mass is 16.6. The largest absolute Gasteiger partial charge is 0.461 e.